The maximum Gasteiger partial charge on any atom is 0.171 e. The first-order valence-electron chi connectivity index (χ1n) is 13.7. The summed E-state index contributed by atoms with van der Waals surface area (Å²) in [7, 11) is 0. The molecule has 2 heterocycles. The lowest BCUT2D eigenvalue weighted by atomic mass is 9.44. The molecule has 5 heteroatoms. The van der Waals surface area contributed by atoms with Gasteiger partial charge in [-0.2, -0.15) is 0 Å². The van der Waals surface area contributed by atoms with Gasteiger partial charge in [-0.1, -0.05) is 32.8 Å². The molecule has 4 saturated carbocycles. The molecule has 1 spiro atoms. The number of rotatable bonds is 1. The van der Waals surface area contributed by atoms with Gasteiger partial charge < -0.3 is 9.47 Å². The van der Waals surface area contributed by atoms with Crippen molar-refractivity contribution < 1.29 is 9.47 Å². The summed E-state index contributed by atoms with van der Waals surface area (Å²) in [4.78, 5) is 3.13. The Bertz CT molecular complexity index is 803. The lowest BCUT2D eigenvalue weighted by molar-refractivity contribution is -0.273. The average molecular weight is 442 g/mol. The highest BCUT2D eigenvalue weighted by molar-refractivity contribution is 5.15. The van der Waals surface area contributed by atoms with Crippen molar-refractivity contribution in [3.05, 3.63) is 10.4 Å². The third kappa shape index (κ3) is 2.86. The Morgan fingerprint density at radius 2 is 1.72 bits per heavy atom. The van der Waals surface area contributed by atoms with Crippen molar-refractivity contribution >= 4 is 0 Å². The number of fused-ring (bicyclic) bond motifs is 7. The van der Waals surface area contributed by atoms with E-state index in [4.69, 9.17) is 15.0 Å². The maximum absolute atomic E-state index is 8.94. The molecular formula is C27H43N3O2. The average Bonchev–Trinajstić information content (AvgIpc) is 3.21. The van der Waals surface area contributed by atoms with Crippen LogP contribution < -0.4 is 0 Å². The summed E-state index contributed by atoms with van der Waals surface area (Å²) in [5, 5.41) is 4.12. The summed E-state index contributed by atoms with van der Waals surface area (Å²) >= 11 is 0. The van der Waals surface area contributed by atoms with Crippen LogP contribution in [0.25, 0.3) is 10.4 Å². The molecule has 178 valence electrons. The number of azide groups is 1. The Balaban J connectivity index is 1.23. The van der Waals surface area contributed by atoms with Crippen molar-refractivity contribution in [3.63, 3.8) is 0 Å². The quantitative estimate of drug-likeness (QED) is 0.247. The minimum Gasteiger partial charge on any atom is -0.349 e. The van der Waals surface area contributed by atoms with Crippen molar-refractivity contribution in [2.75, 3.05) is 6.61 Å². The van der Waals surface area contributed by atoms with Gasteiger partial charge in [0, 0.05) is 23.3 Å². The number of ether oxygens (including phenoxy) is 2. The normalized spacial score (nSPS) is 58.9. The Morgan fingerprint density at radius 1 is 0.906 bits per heavy atom. The molecule has 0 aromatic carbocycles. The van der Waals surface area contributed by atoms with E-state index in [1.165, 1.54) is 44.9 Å². The molecule has 0 radical (unpaired) electrons. The van der Waals surface area contributed by atoms with Gasteiger partial charge >= 0.3 is 0 Å². The summed E-state index contributed by atoms with van der Waals surface area (Å²) in [6.07, 6.45) is 12.9. The lowest BCUT2D eigenvalue weighted by Crippen LogP contribution is -2.55. The van der Waals surface area contributed by atoms with Crippen LogP contribution in [0.1, 0.15) is 91.9 Å². The molecule has 2 saturated heterocycles. The van der Waals surface area contributed by atoms with Crippen LogP contribution >= 0.6 is 0 Å². The Morgan fingerprint density at radius 3 is 2.47 bits per heavy atom. The zero-order chi connectivity index (χ0) is 22.3. The number of hydrogen-bond donors (Lipinski definition) is 0. The second-order valence-corrected chi connectivity index (χ2v) is 13.3. The van der Waals surface area contributed by atoms with Crippen LogP contribution in [0.2, 0.25) is 0 Å². The first-order valence-corrected chi connectivity index (χ1v) is 13.7. The molecule has 0 bridgehead atoms. The Kier molecular flexibility index (Phi) is 5.00. The first kappa shape index (κ1) is 21.7. The lowest BCUT2D eigenvalue weighted by Gasteiger charge is -2.61. The molecule has 1 unspecified atom stereocenters. The highest BCUT2D eigenvalue weighted by atomic mass is 16.7. The maximum atomic E-state index is 8.94. The minimum absolute atomic E-state index is 0.234. The Hall–Kier alpha value is -0.770. The van der Waals surface area contributed by atoms with E-state index in [1.54, 1.807) is 0 Å². The van der Waals surface area contributed by atoms with E-state index in [9.17, 15) is 0 Å². The fraction of sp³-hybridized carbons (Fsp3) is 1.00. The summed E-state index contributed by atoms with van der Waals surface area (Å²) in [6.45, 7) is 10.9. The highest BCUT2D eigenvalue weighted by Gasteiger charge is 2.69. The van der Waals surface area contributed by atoms with Crippen molar-refractivity contribution in [2.24, 2.45) is 57.4 Å². The fourth-order valence-electron chi connectivity index (χ4n) is 10.4. The van der Waals surface area contributed by atoms with Gasteiger partial charge in [0.15, 0.2) is 5.79 Å². The van der Waals surface area contributed by atoms with E-state index < -0.39 is 0 Å². The monoisotopic (exact) mass is 441 g/mol. The molecule has 4 aliphatic carbocycles. The summed E-state index contributed by atoms with van der Waals surface area (Å²) in [6, 6.07) is 0.234. The van der Waals surface area contributed by atoms with Gasteiger partial charge in [-0.15, -0.1) is 0 Å². The minimum atomic E-state index is -0.296. The van der Waals surface area contributed by atoms with Crippen molar-refractivity contribution in [2.45, 2.75) is 110 Å². The summed E-state index contributed by atoms with van der Waals surface area (Å²) in [5.74, 6) is 4.81. The van der Waals surface area contributed by atoms with Crippen LogP contribution in [0.5, 0.6) is 0 Å². The van der Waals surface area contributed by atoms with Gasteiger partial charge in [-0.25, -0.2) is 0 Å². The highest BCUT2D eigenvalue weighted by Crippen LogP contribution is 2.71. The summed E-state index contributed by atoms with van der Waals surface area (Å²) < 4.78 is 13.4. The number of nitrogens with zero attached hydrogens (tertiary/aromatic N) is 3. The van der Waals surface area contributed by atoms with Crippen LogP contribution in [-0.2, 0) is 9.47 Å². The molecule has 2 aliphatic heterocycles. The van der Waals surface area contributed by atoms with E-state index in [-0.39, 0.29) is 11.8 Å². The molecular weight excluding hydrogens is 398 g/mol. The second-order valence-electron chi connectivity index (χ2n) is 13.3. The topological polar surface area (TPSA) is 67.2 Å². The van der Waals surface area contributed by atoms with Crippen LogP contribution in [0, 0.1) is 52.3 Å². The molecule has 0 amide bonds. The zero-order valence-electron chi connectivity index (χ0n) is 20.6. The van der Waals surface area contributed by atoms with E-state index >= 15 is 0 Å². The van der Waals surface area contributed by atoms with Crippen LogP contribution in [0.4, 0.5) is 0 Å². The SMILES string of the molecule is C[C@H]1CC[C@@]2(OC1)O[C@H]1C[C@H]3[C@@H]4CC[C@@H]5C[C@H](N=[N+]=[N-])CC[C@]5(C)C4CC[C@]3(C)[C@H]1[C@@H]2C. The molecule has 6 rings (SSSR count). The van der Waals surface area contributed by atoms with Gasteiger partial charge in [0.2, 0.25) is 0 Å². The molecule has 0 aromatic heterocycles. The van der Waals surface area contributed by atoms with E-state index in [2.05, 4.69) is 37.7 Å². The van der Waals surface area contributed by atoms with Crippen LogP contribution in [0.15, 0.2) is 5.11 Å². The van der Waals surface area contributed by atoms with E-state index in [1.807, 2.05) is 0 Å². The van der Waals surface area contributed by atoms with Gasteiger partial charge in [-0.05, 0) is 110 Å². The van der Waals surface area contributed by atoms with Gasteiger partial charge in [0.25, 0.3) is 0 Å². The predicted molar refractivity (Wildman–Crippen MR) is 125 cm³/mol. The fourth-order valence-corrected chi connectivity index (χ4v) is 10.4. The third-order valence-corrected chi connectivity index (χ3v) is 12.1. The molecule has 12 atom stereocenters. The van der Waals surface area contributed by atoms with Gasteiger partial charge in [-0.3, -0.25) is 0 Å². The van der Waals surface area contributed by atoms with Gasteiger partial charge in [0.05, 0.1) is 12.7 Å². The molecule has 0 N–H and O–H groups in total. The molecule has 6 aliphatic rings. The van der Waals surface area contributed by atoms with Gasteiger partial charge in [0.1, 0.15) is 0 Å². The largest absolute Gasteiger partial charge is 0.349 e. The smallest absolute Gasteiger partial charge is 0.171 e. The molecule has 5 nitrogen and oxygen atoms in total. The molecule has 0 aromatic rings. The Labute approximate surface area is 194 Å². The van der Waals surface area contributed by atoms with Crippen LogP contribution in [-0.4, -0.2) is 24.5 Å². The van der Waals surface area contributed by atoms with Crippen LogP contribution in [0.3, 0.4) is 0 Å². The van der Waals surface area contributed by atoms with E-state index in [0.29, 0.717) is 34.7 Å². The predicted octanol–water partition coefficient (Wildman–Crippen LogP) is 7.11. The van der Waals surface area contributed by atoms with E-state index in [0.717, 1.165) is 49.5 Å². The van der Waals surface area contributed by atoms with Crippen molar-refractivity contribution in [1.82, 2.24) is 0 Å². The summed E-state index contributed by atoms with van der Waals surface area (Å²) in [5.41, 5.74) is 9.79. The third-order valence-electron chi connectivity index (χ3n) is 12.1. The number of hydrogen-bond acceptors (Lipinski definition) is 3. The van der Waals surface area contributed by atoms with Crippen molar-refractivity contribution in [1.29, 1.82) is 0 Å². The van der Waals surface area contributed by atoms with Crippen molar-refractivity contribution in [3.8, 4) is 0 Å². The zero-order valence-corrected chi connectivity index (χ0v) is 20.6. The molecule has 32 heavy (non-hydrogen) atoms. The molecule has 6 fully saturated rings. The second kappa shape index (κ2) is 7.36. The standard InChI is InChI=1S/C27H43N3O2/c1-16-7-12-27(31-15-16)17(2)24-23(32-27)14-22-20-6-5-18-13-19(29-30-28)8-10-25(18,3)21(20)9-11-26(22,24)4/h16-24H,5-15H2,1-4H3/t16-,17-,18+,19+,20+,21?,22-,23-,24-,25-,26-,27+/m0/s1. The first-order chi connectivity index (χ1) is 15.3.